The van der Waals surface area contributed by atoms with E-state index in [0.29, 0.717) is 5.82 Å². The number of hydrazine groups is 1. The summed E-state index contributed by atoms with van der Waals surface area (Å²) in [5, 5.41) is 0. The van der Waals surface area contributed by atoms with Crippen molar-refractivity contribution in [2.24, 2.45) is 5.84 Å². The van der Waals surface area contributed by atoms with Gasteiger partial charge in [-0.05, 0) is 25.9 Å². The molecule has 108 valence electrons. The molecule has 0 saturated carbocycles. The van der Waals surface area contributed by atoms with Crippen LogP contribution in [0.1, 0.15) is 12.8 Å². The van der Waals surface area contributed by atoms with Crippen molar-refractivity contribution < 1.29 is 0 Å². The third-order valence-corrected chi connectivity index (χ3v) is 3.82. The highest BCUT2D eigenvalue weighted by Crippen LogP contribution is 2.19. The number of rotatable bonds is 5. The number of nitrogens with two attached hydrogens (primary N) is 1. The van der Waals surface area contributed by atoms with Crippen LogP contribution in [0.15, 0.2) is 18.6 Å². The van der Waals surface area contributed by atoms with Gasteiger partial charge in [0.05, 0.1) is 6.20 Å². The monoisotopic (exact) mass is 275 g/mol. The van der Waals surface area contributed by atoms with E-state index in [1.165, 1.54) is 25.9 Å². The van der Waals surface area contributed by atoms with Crippen molar-refractivity contribution in [2.75, 3.05) is 43.6 Å². The standard InChI is InChI=1S/C13H21N7/c1-18(8-9-19-5-2-3-6-19)13-12-15-4-7-20(12)10-11(16-13)17-14/h4,7,10,17H,2-3,5-6,8-9,14H2,1H3. The van der Waals surface area contributed by atoms with Crippen LogP contribution in [0.3, 0.4) is 0 Å². The SMILES string of the molecule is CN(CCN1CCCC1)c1nc(NN)cn2ccnc12. The van der Waals surface area contributed by atoms with Crippen LogP contribution in [0.4, 0.5) is 11.6 Å². The lowest BCUT2D eigenvalue weighted by atomic mass is 10.4. The average Bonchev–Trinajstić information content (AvgIpc) is 3.14. The summed E-state index contributed by atoms with van der Waals surface area (Å²) >= 11 is 0. The molecule has 3 N–H and O–H groups in total. The molecule has 7 heteroatoms. The largest absolute Gasteiger partial charge is 0.355 e. The first-order valence-electron chi connectivity index (χ1n) is 7.02. The van der Waals surface area contributed by atoms with Crippen LogP contribution in [-0.2, 0) is 0 Å². The van der Waals surface area contributed by atoms with Crippen molar-refractivity contribution in [2.45, 2.75) is 12.8 Å². The summed E-state index contributed by atoms with van der Waals surface area (Å²) in [7, 11) is 2.05. The third-order valence-electron chi connectivity index (χ3n) is 3.82. The van der Waals surface area contributed by atoms with E-state index in [2.05, 4.69) is 25.2 Å². The number of hydrogen-bond donors (Lipinski definition) is 2. The van der Waals surface area contributed by atoms with Gasteiger partial charge in [-0.1, -0.05) is 0 Å². The molecule has 0 atom stereocenters. The van der Waals surface area contributed by atoms with E-state index in [9.17, 15) is 0 Å². The van der Waals surface area contributed by atoms with Gasteiger partial charge >= 0.3 is 0 Å². The number of imidazole rings is 1. The Labute approximate surface area is 118 Å². The summed E-state index contributed by atoms with van der Waals surface area (Å²) in [6.45, 7) is 4.42. The number of nitrogens with zero attached hydrogens (tertiary/aromatic N) is 5. The minimum atomic E-state index is 0.638. The highest BCUT2D eigenvalue weighted by atomic mass is 15.3. The molecule has 0 aromatic carbocycles. The molecule has 0 spiro atoms. The Morgan fingerprint density at radius 2 is 2.20 bits per heavy atom. The topological polar surface area (TPSA) is 74.7 Å². The Morgan fingerprint density at radius 1 is 1.40 bits per heavy atom. The van der Waals surface area contributed by atoms with E-state index >= 15 is 0 Å². The second kappa shape index (κ2) is 5.64. The van der Waals surface area contributed by atoms with Gasteiger partial charge in [-0.3, -0.25) is 0 Å². The lowest BCUT2D eigenvalue weighted by Crippen LogP contribution is -2.32. The maximum atomic E-state index is 5.48. The highest BCUT2D eigenvalue weighted by Gasteiger charge is 2.15. The van der Waals surface area contributed by atoms with E-state index in [1.807, 2.05) is 23.8 Å². The number of hydrogen-bond acceptors (Lipinski definition) is 6. The fourth-order valence-electron chi connectivity index (χ4n) is 2.64. The van der Waals surface area contributed by atoms with Crippen LogP contribution in [0, 0.1) is 0 Å². The molecule has 1 fully saturated rings. The van der Waals surface area contributed by atoms with E-state index in [0.717, 1.165) is 24.6 Å². The molecular formula is C13H21N7. The summed E-state index contributed by atoms with van der Waals surface area (Å²) in [6.07, 6.45) is 8.14. The number of nitrogens with one attached hydrogen (secondary N) is 1. The number of aromatic nitrogens is 3. The fraction of sp³-hybridized carbons (Fsp3) is 0.538. The summed E-state index contributed by atoms with van der Waals surface area (Å²) in [6, 6.07) is 0. The van der Waals surface area contributed by atoms with Gasteiger partial charge in [0.2, 0.25) is 0 Å². The van der Waals surface area contributed by atoms with Crippen molar-refractivity contribution in [3.8, 4) is 0 Å². The van der Waals surface area contributed by atoms with Gasteiger partial charge in [-0.2, -0.15) is 0 Å². The molecule has 0 unspecified atom stereocenters. The van der Waals surface area contributed by atoms with E-state index in [-0.39, 0.29) is 0 Å². The van der Waals surface area contributed by atoms with Crippen LogP contribution >= 0.6 is 0 Å². The molecule has 0 bridgehead atoms. The Hall–Kier alpha value is -1.86. The van der Waals surface area contributed by atoms with Crippen molar-refractivity contribution in [3.63, 3.8) is 0 Å². The van der Waals surface area contributed by atoms with E-state index in [1.54, 1.807) is 6.20 Å². The molecular weight excluding hydrogens is 254 g/mol. The molecule has 3 heterocycles. The molecule has 1 saturated heterocycles. The highest BCUT2D eigenvalue weighted by molar-refractivity contribution is 5.66. The zero-order valence-corrected chi connectivity index (χ0v) is 11.8. The number of fused-ring (bicyclic) bond motifs is 1. The van der Waals surface area contributed by atoms with Gasteiger partial charge in [-0.15, -0.1) is 0 Å². The number of anilines is 2. The molecule has 0 aliphatic carbocycles. The molecule has 7 nitrogen and oxygen atoms in total. The van der Waals surface area contributed by atoms with Crippen LogP contribution in [-0.4, -0.2) is 52.5 Å². The van der Waals surface area contributed by atoms with Gasteiger partial charge in [-0.25, -0.2) is 15.8 Å². The molecule has 3 rings (SSSR count). The Morgan fingerprint density at radius 3 is 2.95 bits per heavy atom. The minimum Gasteiger partial charge on any atom is -0.355 e. The first kappa shape index (κ1) is 13.1. The van der Waals surface area contributed by atoms with Crippen molar-refractivity contribution >= 4 is 17.3 Å². The fourth-order valence-corrected chi connectivity index (χ4v) is 2.64. The molecule has 2 aromatic heterocycles. The zero-order chi connectivity index (χ0) is 13.9. The summed E-state index contributed by atoms with van der Waals surface area (Å²) in [5.74, 6) is 6.97. The molecule has 0 amide bonds. The first-order chi connectivity index (χ1) is 9.78. The molecule has 20 heavy (non-hydrogen) atoms. The lowest BCUT2D eigenvalue weighted by Gasteiger charge is -2.23. The lowest BCUT2D eigenvalue weighted by molar-refractivity contribution is 0.346. The third kappa shape index (κ3) is 2.54. The van der Waals surface area contributed by atoms with Gasteiger partial charge < -0.3 is 19.6 Å². The van der Waals surface area contributed by atoms with Crippen LogP contribution in [0.25, 0.3) is 5.65 Å². The predicted octanol–water partition coefficient (Wildman–Crippen LogP) is 0.547. The Kier molecular flexibility index (Phi) is 3.70. The van der Waals surface area contributed by atoms with Crippen LogP contribution in [0.5, 0.6) is 0 Å². The van der Waals surface area contributed by atoms with E-state index < -0.39 is 0 Å². The van der Waals surface area contributed by atoms with Crippen molar-refractivity contribution in [1.29, 1.82) is 0 Å². The van der Waals surface area contributed by atoms with Crippen LogP contribution < -0.4 is 16.2 Å². The number of likely N-dealkylation sites (N-methyl/N-ethyl adjacent to an activating group) is 1. The number of likely N-dealkylation sites (tertiary alicyclic amines) is 1. The minimum absolute atomic E-state index is 0.638. The second-order valence-corrected chi connectivity index (χ2v) is 5.22. The van der Waals surface area contributed by atoms with Crippen molar-refractivity contribution in [1.82, 2.24) is 19.3 Å². The zero-order valence-electron chi connectivity index (χ0n) is 11.8. The summed E-state index contributed by atoms with van der Waals surface area (Å²) in [4.78, 5) is 13.5. The van der Waals surface area contributed by atoms with E-state index in [4.69, 9.17) is 5.84 Å². The van der Waals surface area contributed by atoms with Crippen molar-refractivity contribution in [3.05, 3.63) is 18.6 Å². The molecule has 2 aromatic rings. The van der Waals surface area contributed by atoms with Crippen LogP contribution in [0.2, 0.25) is 0 Å². The molecule has 1 aliphatic heterocycles. The molecule has 1 aliphatic rings. The van der Waals surface area contributed by atoms with Gasteiger partial charge in [0.25, 0.3) is 0 Å². The quantitative estimate of drug-likeness (QED) is 0.613. The summed E-state index contributed by atoms with van der Waals surface area (Å²) in [5.41, 5.74) is 3.46. The van der Waals surface area contributed by atoms with Gasteiger partial charge in [0.1, 0.15) is 0 Å². The smallest absolute Gasteiger partial charge is 0.180 e. The first-order valence-corrected chi connectivity index (χ1v) is 7.02. The van der Waals surface area contributed by atoms with Gasteiger partial charge in [0.15, 0.2) is 17.3 Å². The maximum Gasteiger partial charge on any atom is 0.180 e. The second-order valence-electron chi connectivity index (χ2n) is 5.22. The number of nitrogen functional groups attached to an aromatic ring is 1. The Bertz CT molecular complexity index is 573. The predicted molar refractivity (Wildman–Crippen MR) is 79.7 cm³/mol. The Balaban J connectivity index is 1.78. The average molecular weight is 275 g/mol. The van der Waals surface area contributed by atoms with Gasteiger partial charge in [0, 0.05) is 32.5 Å². The normalized spacial score (nSPS) is 15.9. The maximum absolute atomic E-state index is 5.48. The summed E-state index contributed by atoms with van der Waals surface area (Å²) < 4.78 is 1.93. The molecule has 0 radical (unpaired) electrons.